The Morgan fingerprint density at radius 3 is 2.73 bits per heavy atom. The summed E-state index contributed by atoms with van der Waals surface area (Å²) in [6, 6.07) is 22.8. The Hall–Kier alpha value is -3.72. The number of nitrogens with zero attached hydrogens (tertiary/aromatic N) is 2. The molecule has 3 aromatic carbocycles. The third-order valence-corrected chi connectivity index (χ3v) is 8.06. The zero-order valence-electron chi connectivity index (χ0n) is 22.9. The van der Waals surface area contributed by atoms with Crippen molar-refractivity contribution in [2.24, 2.45) is 0 Å². The maximum absolute atomic E-state index is 13.6. The summed E-state index contributed by atoms with van der Waals surface area (Å²) in [4.78, 5) is 32.0. The van der Waals surface area contributed by atoms with Crippen molar-refractivity contribution < 1.29 is 23.8 Å². The summed E-state index contributed by atoms with van der Waals surface area (Å²) in [6.45, 7) is 4.65. The number of cyclic esters (lactones) is 1. The summed E-state index contributed by atoms with van der Waals surface area (Å²) in [5, 5.41) is 3.54. The van der Waals surface area contributed by atoms with Gasteiger partial charge in [0.2, 0.25) is 0 Å². The van der Waals surface area contributed by atoms with Crippen LogP contribution in [-0.4, -0.2) is 47.2 Å². The van der Waals surface area contributed by atoms with E-state index in [2.05, 4.69) is 4.98 Å². The lowest BCUT2D eigenvalue weighted by Gasteiger charge is -2.25. The minimum absolute atomic E-state index is 0.170. The van der Waals surface area contributed by atoms with E-state index in [9.17, 15) is 9.59 Å². The number of benzene rings is 3. The van der Waals surface area contributed by atoms with Crippen molar-refractivity contribution in [1.82, 2.24) is 9.88 Å². The Morgan fingerprint density at radius 2 is 1.98 bits per heavy atom. The first-order chi connectivity index (χ1) is 19.9. The largest absolute Gasteiger partial charge is 0.487 e. The molecular formula is C32H31ClN2O5S. The van der Waals surface area contributed by atoms with Crippen molar-refractivity contribution >= 4 is 34.9 Å². The van der Waals surface area contributed by atoms with Crippen molar-refractivity contribution in [2.45, 2.75) is 45.4 Å². The lowest BCUT2D eigenvalue weighted by molar-refractivity contribution is -0.141. The lowest BCUT2D eigenvalue weighted by Crippen LogP contribution is -2.47. The van der Waals surface area contributed by atoms with Gasteiger partial charge in [0, 0.05) is 29.0 Å². The average Bonchev–Trinajstić information content (AvgIpc) is 3.59. The first-order valence-corrected chi connectivity index (χ1v) is 14.7. The molecule has 2 heterocycles. The fourth-order valence-corrected chi connectivity index (χ4v) is 5.80. The van der Waals surface area contributed by atoms with Crippen LogP contribution in [0.1, 0.15) is 29.3 Å². The zero-order chi connectivity index (χ0) is 28.8. The Bertz CT molecular complexity index is 1510. The third kappa shape index (κ3) is 7.14. The zero-order valence-corrected chi connectivity index (χ0v) is 24.5. The topological polar surface area (TPSA) is 78.0 Å². The molecule has 1 aliphatic rings. The summed E-state index contributed by atoms with van der Waals surface area (Å²) in [7, 11) is 0. The summed E-state index contributed by atoms with van der Waals surface area (Å²) >= 11 is 7.66. The molecule has 1 aliphatic heterocycles. The molecule has 0 saturated carbocycles. The summed E-state index contributed by atoms with van der Waals surface area (Å²) in [6.07, 6.45) is -0.576. The quantitative estimate of drug-likeness (QED) is 0.189. The van der Waals surface area contributed by atoms with Crippen LogP contribution >= 0.6 is 22.9 Å². The number of hydrogen-bond acceptors (Lipinski definition) is 7. The van der Waals surface area contributed by atoms with Crippen molar-refractivity contribution in [3.8, 4) is 16.3 Å². The molecule has 1 aromatic heterocycles. The van der Waals surface area contributed by atoms with Crippen LogP contribution < -0.4 is 4.74 Å². The van der Waals surface area contributed by atoms with Crippen molar-refractivity contribution in [1.29, 1.82) is 0 Å². The van der Waals surface area contributed by atoms with Gasteiger partial charge in [-0.3, -0.25) is 4.79 Å². The van der Waals surface area contributed by atoms with E-state index in [0.717, 1.165) is 33.0 Å². The molecule has 0 aliphatic carbocycles. The fraction of sp³-hybridized carbons (Fsp3) is 0.281. The third-order valence-electron chi connectivity index (χ3n) is 6.89. The molecule has 0 bridgehead atoms. The van der Waals surface area contributed by atoms with Gasteiger partial charge in [0.1, 0.15) is 30.1 Å². The molecule has 2 amide bonds. The maximum atomic E-state index is 13.6. The number of ether oxygens (including phenoxy) is 3. The Morgan fingerprint density at radius 1 is 1.15 bits per heavy atom. The van der Waals surface area contributed by atoms with Crippen LogP contribution in [0.5, 0.6) is 5.75 Å². The molecule has 41 heavy (non-hydrogen) atoms. The van der Waals surface area contributed by atoms with E-state index in [4.69, 9.17) is 25.8 Å². The molecule has 2 atom stereocenters. The van der Waals surface area contributed by atoms with E-state index in [-0.39, 0.29) is 18.6 Å². The highest BCUT2D eigenvalue weighted by Crippen LogP contribution is 2.27. The second kappa shape index (κ2) is 13.3. The average molecular weight is 591 g/mol. The molecule has 9 heteroatoms. The molecule has 1 saturated heterocycles. The van der Waals surface area contributed by atoms with Crippen LogP contribution in [0.4, 0.5) is 4.79 Å². The number of carbonyl (C=O) groups is 2. The van der Waals surface area contributed by atoms with Gasteiger partial charge in [0.15, 0.2) is 0 Å². The number of carbonyl (C=O) groups excluding carboxylic acids is 2. The maximum Gasteiger partial charge on any atom is 0.417 e. The Kier molecular flexibility index (Phi) is 9.34. The number of hydrogen-bond donors (Lipinski definition) is 0. The predicted octanol–water partition coefficient (Wildman–Crippen LogP) is 6.89. The number of thiazole rings is 1. The van der Waals surface area contributed by atoms with E-state index < -0.39 is 12.2 Å². The van der Waals surface area contributed by atoms with Gasteiger partial charge in [0.05, 0.1) is 11.7 Å². The second-order valence-corrected chi connectivity index (χ2v) is 11.1. The van der Waals surface area contributed by atoms with E-state index >= 15 is 0 Å². The van der Waals surface area contributed by atoms with Crippen LogP contribution in [0.3, 0.4) is 0 Å². The molecule has 7 nitrogen and oxygen atoms in total. The number of aromatic nitrogens is 1. The number of imide groups is 1. The van der Waals surface area contributed by atoms with Crippen LogP contribution in [0, 0.1) is 6.92 Å². The fourth-order valence-electron chi connectivity index (χ4n) is 4.81. The number of halogens is 1. The SMILES string of the molecule is CCO[C@@H](Cc1ccc(OCc2csc(-c3cccc(Cl)c3)n2)cc1C)C(=O)N1C(=O)OC[C@@H]1Cc1ccccc1. The molecule has 1 fully saturated rings. The van der Waals surface area contributed by atoms with Gasteiger partial charge in [-0.2, -0.15) is 0 Å². The van der Waals surface area contributed by atoms with Gasteiger partial charge < -0.3 is 14.2 Å². The van der Waals surface area contributed by atoms with E-state index in [1.165, 1.54) is 4.90 Å². The summed E-state index contributed by atoms with van der Waals surface area (Å²) in [5.74, 6) is 0.322. The molecule has 5 rings (SSSR count). The van der Waals surface area contributed by atoms with Crippen LogP contribution in [0.25, 0.3) is 10.6 Å². The van der Waals surface area contributed by atoms with Gasteiger partial charge in [-0.05, 0) is 61.2 Å². The molecule has 0 N–H and O–H groups in total. The molecular weight excluding hydrogens is 560 g/mol. The van der Waals surface area contributed by atoms with Gasteiger partial charge >= 0.3 is 6.09 Å². The van der Waals surface area contributed by atoms with Gasteiger partial charge in [0.25, 0.3) is 5.91 Å². The minimum Gasteiger partial charge on any atom is -0.487 e. The normalized spacial score (nSPS) is 15.5. The van der Waals surface area contributed by atoms with E-state index in [1.807, 2.05) is 92.0 Å². The first-order valence-electron chi connectivity index (χ1n) is 13.5. The molecule has 0 unspecified atom stereocenters. The lowest BCUT2D eigenvalue weighted by atomic mass is 10.0. The predicted molar refractivity (Wildman–Crippen MR) is 159 cm³/mol. The van der Waals surface area contributed by atoms with Gasteiger partial charge in [-0.1, -0.05) is 60.1 Å². The van der Waals surface area contributed by atoms with E-state index in [0.29, 0.717) is 36.8 Å². The summed E-state index contributed by atoms with van der Waals surface area (Å²) in [5.41, 5.74) is 4.74. The van der Waals surface area contributed by atoms with Crippen molar-refractivity contribution in [3.05, 3.63) is 106 Å². The number of aryl methyl sites for hydroxylation is 1. The van der Waals surface area contributed by atoms with E-state index in [1.54, 1.807) is 11.3 Å². The molecule has 4 aromatic rings. The van der Waals surface area contributed by atoms with Gasteiger partial charge in [-0.15, -0.1) is 11.3 Å². The highest BCUT2D eigenvalue weighted by atomic mass is 35.5. The van der Waals surface area contributed by atoms with Crippen LogP contribution in [0.2, 0.25) is 5.02 Å². The Balaban J connectivity index is 1.23. The first kappa shape index (κ1) is 28.8. The molecule has 0 radical (unpaired) electrons. The molecule has 212 valence electrons. The highest BCUT2D eigenvalue weighted by Gasteiger charge is 2.41. The van der Waals surface area contributed by atoms with Crippen molar-refractivity contribution in [3.63, 3.8) is 0 Å². The standard InChI is InChI=1S/C32H31ClN2O5S/c1-3-38-29(31(36)35-27(19-40-32(35)37)15-22-8-5-4-6-9-22)17-23-12-13-28(14-21(23)2)39-18-26-20-41-30(34-26)24-10-7-11-25(33)16-24/h4-14,16,20,27,29H,3,15,17-19H2,1-2H3/t27-,29-/m0/s1. The smallest absolute Gasteiger partial charge is 0.417 e. The van der Waals surface area contributed by atoms with Crippen LogP contribution in [0.15, 0.2) is 78.2 Å². The second-order valence-electron chi connectivity index (χ2n) is 9.81. The minimum atomic E-state index is -0.811. The molecule has 0 spiro atoms. The number of amides is 2. The summed E-state index contributed by atoms with van der Waals surface area (Å²) < 4.78 is 17.1. The Labute approximate surface area is 248 Å². The van der Waals surface area contributed by atoms with Gasteiger partial charge in [-0.25, -0.2) is 14.7 Å². The van der Waals surface area contributed by atoms with Crippen LogP contribution in [-0.2, 0) is 33.7 Å². The number of rotatable bonds is 11. The monoisotopic (exact) mass is 590 g/mol. The highest BCUT2D eigenvalue weighted by molar-refractivity contribution is 7.13. The van der Waals surface area contributed by atoms with Crippen molar-refractivity contribution in [2.75, 3.05) is 13.2 Å².